The highest BCUT2D eigenvalue weighted by molar-refractivity contribution is 7.92. The zero-order valence-electron chi connectivity index (χ0n) is 25.3. The van der Waals surface area contributed by atoms with Crippen LogP contribution in [0.4, 0.5) is 34.1 Å². The Morgan fingerprint density at radius 3 is 1.46 bits per heavy atom. The van der Waals surface area contributed by atoms with Gasteiger partial charge < -0.3 is 11.5 Å². The van der Waals surface area contributed by atoms with Gasteiger partial charge in [-0.25, -0.2) is 25.2 Å². The summed E-state index contributed by atoms with van der Waals surface area (Å²) in [5, 5.41) is 14.7. The Hall–Kier alpha value is -4.08. The maximum absolute atomic E-state index is 12.6. The van der Waals surface area contributed by atoms with Crippen molar-refractivity contribution in [3.63, 3.8) is 0 Å². The maximum atomic E-state index is 12.6. The third kappa shape index (κ3) is 11.7. The first-order chi connectivity index (χ1) is 23.6. The van der Waals surface area contributed by atoms with Gasteiger partial charge in [0.1, 0.15) is 26.9 Å². The van der Waals surface area contributed by atoms with Crippen LogP contribution in [0.1, 0.15) is 0 Å². The van der Waals surface area contributed by atoms with Crippen molar-refractivity contribution in [1.82, 2.24) is 0 Å². The SMILES string of the molecule is Nc1c(N=Nc2ccc(S(=O)(=O)CCOS(=O)(=O)O)cc2)cc(S(=O)(=O)O)c(N)c1N=Nc1ccc(S(=O)(=O)CCOS(=O)(=O)O)cc1S(=O)(=O)O. The Morgan fingerprint density at radius 2 is 0.981 bits per heavy atom. The van der Waals surface area contributed by atoms with Crippen molar-refractivity contribution in [3.05, 3.63) is 48.5 Å². The lowest BCUT2D eigenvalue weighted by Gasteiger charge is -2.11. The molecule has 0 fully saturated rings. The van der Waals surface area contributed by atoms with Gasteiger partial charge in [0.2, 0.25) is 0 Å². The number of benzene rings is 3. The van der Waals surface area contributed by atoms with Crippen molar-refractivity contribution in [2.75, 3.05) is 36.2 Å². The molecule has 0 bridgehead atoms. The van der Waals surface area contributed by atoms with Crippen molar-refractivity contribution < 1.29 is 77.1 Å². The van der Waals surface area contributed by atoms with E-state index in [0.29, 0.717) is 18.2 Å². The fourth-order valence-corrected chi connectivity index (χ4v) is 8.07. The van der Waals surface area contributed by atoms with Gasteiger partial charge in [-0.3, -0.25) is 18.2 Å². The molecule has 3 rings (SSSR count). The van der Waals surface area contributed by atoms with Gasteiger partial charge in [-0.05, 0) is 48.5 Å². The van der Waals surface area contributed by atoms with Crippen molar-refractivity contribution in [3.8, 4) is 0 Å². The zero-order valence-corrected chi connectivity index (χ0v) is 30.2. The van der Waals surface area contributed by atoms with Gasteiger partial charge in [-0.1, -0.05) is 0 Å². The first kappa shape index (κ1) is 42.3. The molecule has 24 nitrogen and oxygen atoms in total. The fraction of sp³-hybridized carbons (Fsp3) is 0.182. The number of hydrogen-bond donors (Lipinski definition) is 6. The molecule has 30 heteroatoms. The molecule has 8 N–H and O–H groups in total. The highest BCUT2D eigenvalue weighted by atomic mass is 32.3. The summed E-state index contributed by atoms with van der Waals surface area (Å²) in [5.41, 5.74) is 8.30. The number of sulfone groups is 2. The highest BCUT2D eigenvalue weighted by Gasteiger charge is 2.25. The van der Waals surface area contributed by atoms with Crippen LogP contribution in [0.2, 0.25) is 0 Å². The average Bonchev–Trinajstić information content (AvgIpc) is 2.98. The third-order valence-electron chi connectivity index (χ3n) is 6.06. The molecule has 0 amide bonds. The monoisotopic (exact) mass is 852 g/mol. The van der Waals surface area contributed by atoms with Gasteiger partial charge in [0, 0.05) is 0 Å². The van der Waals surface area contributed by atoms with E-state index in [1.807, 2.05) is 0 Å². The van der Waals surface area contributed by atoms with Crippen LogP contribution in [0.5, 0.6) is 0 Å². The smallest absolute Gasteiger partial charge is 0.396 e. The number of azo groups is 2. The summed E-state index contributed by atoms with van der Waals surface area (Å²) in [6, 6.07) is 6.83. The summed E-state index contributed by atoms with van der Waals surface area (Å²) in [4.78, 5) is -3.33. The lowest BCUT2D eigenvalue weighted by molar-refractivity contribution is 0.282. The van der Waals surface area contributed by atoms with Crippen molar-refractivity contribution in [2.24, 2.45) is 20.5 Å². The van der Waals surface area contributed by atoms with E-state index in [1.54, 1.807) is 0 Å². The van der Waals surface area contributed by atoms with Crippen molar-refractivity contribution in [1.29, 1.82) is 0 Å². The molecule has 0 aromatic heterocycles. The van der Waals surface area contributed by atoms with E-state index in [-0.39, 0.29) is 10.6 Å². The van der Waals surface area contributed by atoms with Gasteiger partial charge in [0.05, 0.1) is 51.6 Å². The normalized spacial score (nSPS) is 13.6. The Bertz CT molecular complexity index is 2610. The van der Waals surface area contributed by atoms with Crippen molar-refractivity contribution in [2.45, 2.75) is 19.6 Å². The average molecular weight is 853 g/mol. The van der Waals surface area contributed by atoms with E-state index in [0.717, 1.165) is 30.3 Å². The molecule has 0 spiro atoms. The van der Waals surface area contributed by atoms with Crippen LogP contribution in [-0.2, 0) is 69.1 Å². The first-order valence-corrected chi connectivity index (χ1v) is 22.0. The zero-order chi connectivity index (χ0) is 39.5. The minimum atomic E-state index is -5.28. The third-order valence-corrected chi connectivity index (χ3v) is 12.1. The molecule has 0 radical (unpaired) electrons. The van der Waals surface area contributed by atoms with Crippen LogP contribution < -0.4 is 11.5 Å². The van der Waals surface area contributed by atoms with E-state index in [2.05, 4.69) is 28.8 Å². The van der Waals surface area contributed by atoms with Crippen LogP contribution in [0.3, 0.4) is 0 Å². The Labute approximate surface area is 295 Å². The lowest BCUT2D eigenvalue weighted by Crippen LogP contribution is -2.16. The van der Waals surface area contributed by atoms with E-state index < -0.39 is 129 Å². The first-order valence-electron chi connectivity index (χ1n) is 13.0. The van der Waals surface area contributed by atoms with Crippen LogP contribution in [-0.4, -0.2) is 93.4 Å². The molecule has 286 valence electrons. The molecule has 0 unspecified atom stereocenters. The molecule has 0 atom stereocenters. The second kappa shape index (κ2) is 15.5. The van der Waals surface area contributed by atoms with E-state index >= 15 is 0 Å². The van der Waals surface area contributed by atoms with Crippen LogP contribution in [0, 0.1) is 0 Å². The molecular formula is C22H24N6O18S6. The largest absolute Gasteiger partial charge is 0.397 e. The van der Waals surface area contributed by atoms with Gasteiger partial charge in [-0.15, -0.1) is 15.3 Å². The van der Waals surface area contributed by atoms with E-state index in [1.165, 1.54) is 0 Å². The summed E-state index contributed by atoms with van der Waals surface area (Å²) >= 11 is 0. The predicted molar refractivity (Wildman–Crippen MR) is 175 cm³/mol. The molecule has 0 saturated heterocycles. The number of rotatable bonds is 16. The Morgan fingerprint density at radius 1 is 0.519 bits per heavy atom. The number of anilines is 2. The maximum Gasteiger partial charge on any atom is 0.397 e. The number of nitrogens with two attached hydrogens (primary N) is 2. The summed E-state index contributed by atoms with van der Waals surface area (Å²) < 4.78 is 185. The van der Waals surface area contributed by atoms with Gasteiger partial charge in [0.25, 0.3) is 20.2 Å². The molecule has 0 saturated carbocycles. The van der Waals surface area contributed by atoms with Crippen LogP contribution in [0.25, 0.3) is 0 Å². The van der Waals surface area contributed by atoms with Crippen molar-refractivity contribution >= 4 is 94.8 Å². The minimum absolute atomic E-state index is 0.0710. The highest BCUT2D eigenvalue weighted by Crippen LogP contribution is 2.43. The summed E-state index contributed by atoms with van der Waals surface area (Å²) in [6.07, 6.45) is 0. The second-order valence-corrected chi connectivity index (χ2v) is 18.9. The molecule has 3 aromatic carbocycles. The molecule has 0 aliphatic heterocycles. The number of nitrogens with zero attached hydrogens (tertiary/aromatic N) is 4. The van der Waals surface area contributed by atoms with Gasteiger partial charge in [0.15, 0.2) is 19.7 Å². The minimum Gasteiger partial charge on any atom is -0.396 e. The Balaban J connectivity index is 2.03. The molecule has 0 aliphatic carbocycles. The predicted octanol–water partition coefficient (Wildman–Crippen LogP) is 1.36. The fourth-order valence-electron chi connectivity index (χ4n) is 3.71. The number of nitrogen functional groups attached to an aromatic ring is 2. The van der Waals surface area contributed by atoms with Crippen LogP contribution >= 0.6 is 0 Å². The quantitative estimate of drug-likeness (QED) is 0.0673. The lowest BCUT2D eigenvalue weighted by atomic mass is 10.2. The molecule has 3 aromatic rings. The van der Waals surface area contributed by atoms with Gasteiger partial charge >= 0.3 is 20.8 Å². The van der Waals surface area contributed by atoms with E-state index in [9.17, 15) is 59.6 Å². The topological polar surface area (TPSA) is 406 Å². The number of hydrogen-bond acceptors (Lipinski definition) is 20. The molecule has 52 heavy (non-hydrogen) atoms. The molecular weight excluding hydrogens is 829 g/mol. The standard InChI is InChI=1S/C22H24N6O18S6/c23-20-17(27-25-13-1-3-14(4-2-13)47(29,30)9-7-45-51(39,40)41)12-19(50(36,37)38)21(24)22(20)28-26-16-6-5-15(11-18(16)49(33,34)35)48(31,32)10-8-46-52(42,43)44/h1-6,11-12H,7-10,23-24H2,(H,33,34,35)(H,36,37,38)(H,39,40,41)(H,42,43,44). The van der Waals surface area contributed by atoms with Crippen LogP contribution in [0.15, 0.2) is 88.6 Å². The van der Waals surface area contributed by atoms with E-state index in [4.69, 9.17) is 20.6 Å². The molecule has 0 heterocycles. The Kier molecular flexibility index (Phi) is 12.6. The summed E-state index contributed by atoms with van der Waals surface area (Å²) in [6.45, 7) is -1.96. The molecule has 0 aliphatic rings. The van der Waals surface area contributed by atoms with Gasteiger partial charge in [-0.2, -0.15) is 38.8 Å². The summed E-state index contributed by atoms with van der Waals surface area (Å²) in [5.74, 6) is -1.92. The second-order valence-electron chi connectivity index (χ2n) is 9.68. The summed E-state index contributed by atoms with van der Waals surface area (Å²) in [7, 11) is -28.9.